The monoisotopic (exact) mass is 252 g/mol. The van der Waals surface area contributed by atoms with Gasteiger partial charge in [0.05, 0.1) is 5.56 Å². The number of rotatable bonds is 6. The van der Waals surface area contributed by atoms with E-state index in [1.165, 1.54) is 0 Å². The zero-order valence-electron chi connectivity index (χ0n) is 11.3. The maximum atomic E-state index is 11.0. The molecule has 4 nitrogen and oxygen atoms in total. The Labute approximate surface area is 107 Å². The average molecular weight is 252 g/mol. The summed E-state index contributed by atoms with van der Waals surface area (Å²) >= 11 is 0. The molecule has 100 valence electrons. The van der Waals surface area contributed by atoms with Gasteiger partial charge < -0.3 is 9.99 Å². The summed E-state index contributed by atoms with van der Waals surface area (Å²) in [5.41, 5.74) is 0.405. The molecular formula is C14H20O4. The molecule has 0 heterocycles. The van der Waals surface area contributed by atoms with E-state index in [9.17, 15) is 4.79 Å². The Morgan fingerprint density at radius 1 is 1.39 bits per heavy atom. The fourth-order valence-corrected chi connectivity index (χ4v) is 1.74. The minimum absolute atomic E-state index is 0.226. The van der Waals surface area contributed by atoms with Crippen LogP contribution in [0.5, 0.6) is 5.75 Å². The third kappa shape index (κ3) is 3.74. The van der Waals surface area contributed by atoms with E-state index in [-0.39, 0.29) is 11.2 Å². The van der Waals surface area contributed by atoms with Crippen LogP contribution in [-0.4, -0.2) is 16.7 Å². The fraction of sp³-hybridized carbons (Fsp3) is 0.500. The molecule has 0 unspecified atom stereocenters. The van der Waals surface area contributed by atoms with Gasteiger partial charge in [-0.25, -0.2) is 4.79 Å². The fourth-order valence-electron chi connectivity index (χ4n) is 1.74. The molecule has 1 rings (SSSR count). The quantitative estimate of drug-likeness (QED) is 0.621. The Kier molecular flexibility index (Phi) is 4.73. The number of aromatic carboxylic acids is 1. The van der Waals surface area contributed by atoms with Crippen molar-refractivity contribution in [2.24, 2.45) is 0 Å². The summed E-state index contributed by atoms with van der Waals surface area (Å²) in [5, 5.41) is 9.01. The first-order valence-corrected chi connectivity index (χ1v) is 6.06. The molecule has 0 saturated heterocycles. The summed E-state index contributed by atoms with van der Waals surface area (Å²) in [6, 6.07) is 4.88. The molecule has 0 aliphatic carbocycles. The lowest BCUT2D eigenvalue weighted by atomic mass is 10.0. The Morgan fingerprint density at radius 2 is 2.06 bits per heavy atom. The maximum Gasteiger partial charge on any atom is 0.336 e. The van der Waals surface area contributed by atoms with E-state index in [0.717, 1.165) is 12.8 Å². The lowest BCUT2D eigenvalue weighted by Gasteiger charge is -2.23. The van der Waals surface area contributed by atoms with Crippen LogP contribution in [0.15, 0.2) is 18.2 Å². The first-order chi connectivity index (χ1) is 8.37. The zero-order chi connectivity index (χ0) is 13.8. The molecule has 1 N–H and O–H groups in total. The molecule has 0 saturated carbocycles. The summed E-state index contributed by atoms with van der Waals surface area (Å²) in [6.45, 7) is 7.65. The van der Waals surface area contributed by atoms with Gasteiger partial charge in [-0.3, -0.25) is 0 Å². The predicted octanol–water partition coefficient (Wildman–Crippen LogP) is 3.58. The van der Waals surface area contributed by atoms with Crippen LogP contribution < -0.4 is 4.89 Å². The third-order valence-corrected chi connectivity index (χ3v) is 2.72. The Hall–Kier alpha value is -1.55. The van der Waals surface area contributed by atoms with Crippen molar-refractivity contribution in [3.8, 4) is 5.75 Å². The standard InChI is InChI=1S/C14H20O4/c1-5-9-14(3,4)18-17-12-8-6-7-11(10(12)2)13(15)16/h6-8H,5,9H2,1-4H3,(H,15,16). The smallest absolute Gasteiger partial charge is 0.336 e. The molecule has 0 aliphatic rings. The van der Waals surface area contributed by atoms with Crippen molar-refractivity contribution in [3.05, 3.63) is 29.3 Å². The number of hydrogen-bond acceptors (Lipinski definition) is 3. The van der Waals surface area contributed by atoms with E-state index in [4.69, 9.17) is 14.9 Å². The molecular weight excluding hydrogens is 232 g/mol. The predicted molar refractivity (Wildman–Crippen MR) is 68.8 cm³/mol. The Bertz CT molecular complexity index is 424. The average Bonchev–Trinajstić information content (AvgIpc) is 2.27. The summed E-state index contributed by atoms with van der Waals surface area (Å²) in [7, 11) is 0. The second-order valence-corrected chi connectivity index (χ2v) is 4.91. The number of carbonyl (C=O) groups is 1. The highest BCUT2D eigenvalue weighted by molar-refractivity contribution is 5.90. The highest BCUT2D eigenvalue weighted by Gasteiger charge is 2.20. The summed E-state index contributed by atoms with van der Waals surface area (Å²) < 4.78 is 0. The van der Waals surface area contributed by atoms with Crippen LogP contribution in [0.1, 0.15) is 49.5 Å². The highest BCUT2D eigenvalue weighted by Crippen LogP contribution is 2.24. The molecule has 0 spiro atoms. The second-order valence-electron chi connectivity index (χ2n) is 4.91. The van der Waals surface area contributed by atoms with Crippen LogP contribution >= 0.6 is 0 Å². The summed E-state index contributed by atoms with van der Waals surface area (Å²) in [5.74, 6) is -0.523. The van der Waals surface area contributed by atoms with E-state index in [1.54, 1.807) is 25.1 Å². The zero-order valence-corrected chi connectivity index (χ0v) is 11.3. The van der Waals surface area contributed by atoms with E-state index in [0.29, 0.717) is 11.3 Å². The van der Waals surface area contributed by atoms with E-state index in [2.05, 4.69) is 6.92 Å². The number of carboxylic acids is 1. The minimum atomic E-state index is -0.967. The molecule has 0 aromatic heterocycles. The molecule has 18 heavy (non-hydrogen) atoms. The molecule has 0 amide bonds. The van der Waals surface area contributed by atoms with Crippen molar-refractivity contribution in [1.82, 2.24) is 0 Å². The normalized spacial score (nSPS) is 11.3. The molecule has 0 bridgehead atoms. The second kappa shape index (κ2) is 5.87. The number of carboxylic acid groups (broad SMARTS) is 1. The molecule has 0 radical (unpaired) electrons. The maximum absolute atomic E-state index is 11.0. The van der Waals surface area contributed by atoms with Crippen molar-refractivity contribution in [1.29, 1.82) is 0 Å². The van der Waals surface area contributed by atoms with Gasteiger partial charge in [0, 0.05) is 5.56 Å². The van der Waals surface area contributed by atoms with E-state index in [1.807, 2.05) is 13.8 Å². The molecule has 1 aromatic carbocycles. The molecule has 1 aromatic rings. The van der Waals surface area contributed by atoms with Gasteiger partial charge in [-0.15, -0.1) is 0 Å². The number of benzene rings is 1. The van der Waals surface area contributed by atoms with Gasteiger partial charge in [-0.2, -0.15) is 4.89 Å². The lowest BCUT2D eigenvalue weighted by Crippen LogP contribution is -2.26. The first kappa shape index (κ1) is 14.5. The van der Waals surface area contributed by atoms with Crippen molar-refractivity contribution in [2.75, 3.05) is 0 Å². The van der Waals surface area contributed by atoms with Crippen LogP contribution in [0.3, 0.4) is 0 Å². The van der Waals surface area contributed by atoms with E-state index < -0.39 is 5.97 Å². The lowest BCUT2D eigenvalue weighted by molar-refractivity contribution is -0.282. The topological polar surface area (TPSA) is 55.8 Å². The summed E-state index contributed by atoms with van der Waals surface area (Å²) in [6.07, 6.45) is 1.86. The van der Waals surface area contributed by atoms with Gasteiger partial charge in [0.1, 0.15) is 5.60 Å². The van der Waals surface area contributed by atoms with Crippen LogP contribution in [0.25, 0.3) is 0 Å². The first-order valence-electron chi connectivity index (χ1n) is 6.06. The van der Waals surface area contributed by atoms with Crippen molar-refractivity contribution in [2.45, 2.75) is 46.1 Å². The SMILES string of the molecule is CCCC(C)(C)OOc1cccc(C(=O)O)c1C. The largest absolute Gasteiger partial charge is 0.478 e. The number of hydrogen-bond donors (Lipinski definition) is 1. The van der Waals surface area contributed by atoms with E-state index >= 15 is 0 Å². The molecule has 0 atom stereocenters. The molecule has 0 fully saturated rings. The van der Waals surface area contributed by atoms with Crippen molar-refractivity contribution < 1.29 is 19.7 Å². The van der Waals surface area contributed by atoms with Gasteiger partial charge in [0.15, 0.2) is 5.75 Å². The van der Waals surface area contributed by atoms with Crippen LogP contribution in [0.2, 0.25) is 0 Å². The van der Waals surface area contributed by atoms with Crippen LogP contribution in [0.4, 0.5) is 0 Å². The van der Waals surface area contributed by atoms with Gasteiger partial charge in [0.25, 0.3) is 0 Å². The Morgan fingerprint density at radius 3 is 2.61 bits per heavy atom. The van der Waals surface area contributed by atoms with Crippen LogP contribution in [0, 0.1) is 6.92 Å². The van der Waals surface area contributed by atoms with Gasteiger partial charge in [0.2, 0.25) is 0 Å². The minimum Gasteiger partial charge on any atom is -0.478 e. The molecule has 0 aliphatic heterocycles. The molecule has 4 heteroatoms. The van der Waals surface area contributed by atoms with Crippen molar-refractivity contribution >= 4 is 5.97 Å². The summed E-state index contributed by atoms with van der Waals surface area (Å²) in [4.78, 5) is 21.6. The van der Waals surface area contributed by atoms with Gasteiger partial charge in [-0.1, -0.05) is 19.4 Å². The van der Waals surface area contributed by atoms with Gasteiger partial charge in [-0.05, 0) is 39.3 Å². The van der Waals surface area contributed by atoms with Crippen LogP contribution in [-0.2, 0) is 4.89 Å². The van der Waals surface area contributed by atoms with Crippen molar-refractivity contribution in [3.63, 3.8) is 0 Å². The van der Waals surface area contributed by atoms with Gasteiger partial charge >= 0.3 is 5.97 Å². The third-order valence-electron chi connectivity index (χ3n) is 2.72. The highest BCUT2D eigenvalue weighted by atomic mass is 17.2. The Balaban J connectivity index is 2.80.